The maximum atomic E-state index is 14.0. The first-order valence-corrected chi connectivity index (χ1v) is 11.0. The van der Waals surface area contributed by atoms with E-state index in [0.29, 0.717) is 15.8 Å². The second-order valence-corrected chi connectivity index (χ2v) is 8.29. The normalized spacial score (nSPS) is 11.1. The van der Waals surface area contributed by atoms with E-state index < -0.39 is 27.3 Å². The van der Waals surface area contributed by atoms with Gasteiger partial charge in [-0.15, -0.1) is 0 Å². The number of carbonyl (C=O) groups is 1. The molecule has 10 heteroatoms. The van der Waals surface area contributed by atoms with Crippen LogP contribution in [0, 0.1) is 11.6 Å². The fraction of sp³-hybridized carbons (Fsp3) is 0.350. The highest BCUT2D eigenvalue weighted by molar-refractivity contribution is 7.92. The molecule has 2 aromatic rings. The maximum Gasteiger partial charge on any atom is 0.232 e. The summed E-state index contributed by atoms with van der Waals surface area (Å²) in [5.74, 6) is -0.966. The van der Waals surface area contributed by atoms with E-state index in [1.54, 1.807) is 31.4 Å². The van der Waals surface area contributed by atoms with Crippen LogP contribution in [0.1, 0.15) is 12.8 Å². The van der Waals surface area contributed by atoms with Crippen LogP contribution in [-0.2, 0) is 14.8 Å². The van der Waals surface area contributed by atoms with Crippen molar-refractivity contribution >= 4 is 21.6 Å². The minimum absolute atomic E-state index is 0.00930. The molecular weight excluding hydrogens is 418 g/mol. The lowest BCUT2D eigenvalue weighted by molar-refractivity contribution is -0.121. The molecule has 0 saturated heterocycles. The Balaban J connectivity index is 1.79. The van der Waals surface area contributed by atoms with Gasteiger partial charge < -0.3 is 14.8 Å². The number of ether oxygens (including phenoxy) is 2. The Bertz CT molecular complexity index is 932. The van der Waals surface area contributed by atoms with Crippen molar-refractivity contribution in [3.8, 4) is 11.5 Å². The number of benzene rings is 2. The summed E-state index contributed by atoms with van der Waals surface area (Å²) in [5.41, 5.74) is -0.645. The molecule has 0 aliphatic heterocycles. The van der Waals surface area contributed by atoms with Crippen molar-refractivity contribution in [3.05, 3.63) is 54.1 Å². The molecular formula is C20H24F2N2O5S. The zero-order valence-electron chi connectivity index (χ0n) is 16.7. The molecule has 0 unspecified atom stereocenters. The molecule has 0 bridgehead atoms. The van der Waals surface area contributed by atoms with Crippen molar-refractivity contribution in [1.82, 2.24) is 5.32 Å². The van der Waals surface area contributed by atoms with E-state index in [-0.39, 0.29) is 38.4 Å². The van der Waals surface area contributed by atoms with E-state index in [4.69, 9.17) is 9.47 Å². The number of halogens is 2. The molecule has 0 aromatic heterocycles. The minimum atomic E-state index is -3.92. The van der Waals surface area contributed by atoms with Crippen molar-refractivity contribution in [3.63, 3.8) is 0 Å². The number of hydrogen-bond acceptors (Lipinski definition) is 5. The number of nitrogens with one attached hydrogen (secondary N) is 1. The number of hydrogen-bond donors (Lipinski definition) is 1. The average Bonchev–Trinajstić information content (AvgIpc) is 2.69. The fourth-order valence-electron chi connectivity index (χ4n) is 2.67. The quantitative estimate of drug-likeness (QED) is 0.541. The van der Waals surface area contributed by atoms with Crippen molar-refractivity contribution in [1.29, 1.82) is 0 Å². The van der Waals surface area contributed by atoms with Gasteiger partial charge >= 0.3 is 0 Å². The van der Waals surface area contributed by atoms with Crippen molar-refractivity contribution in [2.75, 3.05) is 37.4 Å². The third-order valence-electron chi connectivity index (χ3n) is 4.10. The van der Waals surface area contributed by atoms with Gasteiger partial charge in [0.25, 0.3) is 0 Å². The van der Waals surface area contributed by atoms with Gasteiger partial charge in [0, 0.05) is 13.0 Å². The standard InChI is InChI=1S/C20H24F2N2O5S/c1-28-15-8-10-16(11-9-15)29-14-12-23-19(25)7-4-13-24(30(2,26)27)20-17(21)5-3-6-18(20)22/h3,5-6,8-11H,4,7,12-14H2,1-2H3,(H,23,25). The number of anilines is 1. The van der Waals surface area contributed by atoms with Gasteiger partial charge in [-0.3, -0.25) is 9.10 Å². The van der Waals surface area contributed by atoms with E-state index in [2.05, 4.69) is 5.32 Å². The zero-order valence-corrected chi connectivity index (χ0v) is 17.5. The van der Waals surface area contributed by atoms with Crippen LogP contribution < -0.4 is 19.1 Å². The Morgan fingerprint density at radius 3 is 2.23 bits per heavy atom. The Kier molecular flexibility index (Phi) is 8.40. The van der Waals surface area contributed by atoms with Crippen LogP contribution >= 0.6 is 0 Å². The molecule has 0 heterocycles. The molecule has 0 aliphatic rings. The van der Waals surface area contributed by atoms with Crippen LogP contribution in [0.4, 0.5) is 14.5 Å². The fourth-order valence-corrected chi connectivity index (χ4v) is 3.64. The zero-order chi connectivity index (χ0) is 22.1. The molecule has 30 heavy (non-hydrogen) atoms. The lowest BCUT2D eigenvalue weighted by atomic mass is 10.2. The van der Waals surface area contributed by atoms with Crippen LogP contribution in [0.5, 0.6) is 11.5 Å². The van der Waals surface area contributed by atoms with E-state index in [9.17, 15) is 22.0 Å². The maximum absolute atomic E-state index is 14.0. The summed E-state index contributed by atoms with van der Waals surface area (Å²) in [5, 5.41) is 2.65. The van der Waals surface area contributed by atoms with Gasteiger partial charge in [-0.2, -0.15) is 0 Å². The molecule has 0 atom stereocenters. The summed E-state index contributed by atoms with van der Waals surface area (Å²) in [6, 6.07) is 10.1. The molecule has 0 saturated carbocycles. The molecule has 164 valence electrons. The number of rotatable bonds is 11. The largest absolute Gasteiger partial charge is 0.497 e. The second kappa shape index (κ2) is 10.8. The van der Waals surface area contributed by atoms with Crippen molar-refractivity contribution < 1.29 is 31.5 Å². The van der Waals surface area contributed by atoms with Gasteiger partial charge in [0.15, 0.2) is 11.6 Å². The molecule has 2 aromatic carbocycles. The molecule has 0 radical (unpaired) electrons. The highest BCUT2D eigenvalue weighted by atomic mass is 32.2. The Labute approximate surface area is 174 Å². The van der Waals surface area contributed by atoms with E-state index in [0.717, 1.165) is 24.5 Å². The Hall–Kier alpha value is -2.88. The van der Waals surface area contributed by atoms with Gasteiger partial charge in [-0.05, 0) is 42.8 Å². The number of methoxy groups -OCH3 is 1. The first-order chi connectivity index (χ1) is 14.2. The smallest absolute Gasteiger partial charge is 0.232 e. The predicted molar refractivity (Wildman–Crippen MR) is 109 cm³/mol. The van der Waals surface area contributed by atoms with Crippen LogP contribution in [-0.4, -0.2) is 47.4 Å². The summed E-state index contributed by atoms with van der Waals surface area (Å²) < 4.78 is 63.0. The Morgan fingerprint density at radius 2 is 1.67 bits per heavy atom. The lowest BCUT2D eigenvalue weighted by Gasteiger charge is -2.23. The highest BCUT2D eigenvalue weighted by Gasteiger charge is 2.24. The molecule has 0 fully saturated rings. The first kappa shape index (κ1) is 23.4. The van der Waals surface area contributed by atoms with Gasteiger partial charge in [0.2, 0.25) is 15.9 Å². The molecule has 2 rings (SSSR count). The molecule has 7 nitrogen and oxygen atoms in total. The van der Waals surface area contributed by atoms with Crippen LogP contribution in [0.15, 0.2) is 42.5 Å². The van der Waals surface area contributed by atoms with Gasteiger partial charge in [-0.1, -0.05) is 6.07 Å². The van der Waals surface area contributed by atoms with E-state index in [1.807, 2.05) is 0 Å². The van der Waals surface area contributed by atoms with E-state index in [1.165, 1.54) is 0 Å². The van der Waals surface area contributed by atoms with Crippen LogP contribution in [0.2, 0.25) is 0 Å². The van der Waals surface area contributed by atoms with E-state index >= 15 is 0 Å². The van der Waals surface area contributed by atoms with Gasteiger partial charge in [-0.25, -0.2) is 17.2 Å². The predicted octanol–water partition coefficient (Wildman–Crippen LogP) is 2.71. The summed E-state index contributed by atoms with van der Waals surface area (Å²) >= 11 is 0. The summed E-state index contributed by atoms with van der Waals surface area (Å²) in [6.07, 6.45) is 0.937. The first-order valence-electron chi connectivity index (χ1n) is 9.17. The summed E-state index contributed by atoms with van der Waals surface area (Å²) in [4.78, 5) is 11.9. The minimum Gasteiger partial charge on any atom is -0.497 e. The number of nitrogens with zero attached hydrogens (tertiary/aromatic N) is 1. The molecule has 1 amide bonds. The van der Waals surface area contributed by atoms with Crippen LogP contribution in [0.25, 0.3) is 0 Å². The molecule has 0 aliphatic carbocycles. The SMILES string of the molecule is COc1ccc(OCCNC(=O)CCCN(c2c(F)cccc2F)S(C)(=O)=O)cc1. The van der Waals surface area contributed by atoms with Crippen molar-refractivity contribution in [2.24, 2.45) is 0 Å². The summed E-state index contributed by atoms with van der Waals surface area (Å²) in [6.45, 7) is 0.267. The van der Waals surface area contributed by atoms with Crippen molar-refractivity contribution in [2.45, 2.75) is 12.8 Å². The number of sulfonamides is 1. The topological polar surface area (TPSA) is 84.9 Å². The second-order valence-electron chi connectivity index (χ2n) is 6.38. The number of carbonyl (C=O) groups excluding carboxylic acids is 1. The Morgan fingerprint density at radius 1 is 1.07 bits per heavy atom. The molecule has 0 spiro atoms. The monoisotopic (exact) mass is 442 g/mol. The molecule has 1 N–H and O–H groups in total. The average molecular weight is 442 g/mol. The number of amides is 1. The third-order valence-corrected chi connectivity index (χ3v) is 5.27. The highest BCUT2D eigenvalue weighted by Crippen LogP contribution is 2.25. The third kappa shape index (κ3) is 6.87. The van der Waals surface area contributed by atoms with Gasteiger partial charge in [0.05, 0.1) is 19.9 Å². The summed E-state index contributed by atoms with van der Waals surface area (Å²) in [7, 11) is -2.36. The van der Waals surface area contributed by atoms with Crippen LogP contribution in [0.3, 0.4) is 0 Å². The lowest BCUT2D eigenvalue weighted by Crippen LogP contribution is -2.34. The van der Waals surface area contributed by atoms with Gasteiger partial charge in [0.1, 0.15) is 23.8 Å². The number of para-hydroxylation sites is 1.